The summed E-state index contributed by atoms with van der Waals surface area (Å²) < 4.78 is 0. The molecule has 0 unspecified atom stereocenters. The van der Waals surface area contributed by atoms with Crippen molar-refractivity contribution in [2.24, 2.45) is 0 Å². The number of hydrogen-bond acceptors (Lipinski definition) is 12. The largest absolute Gasteiger partial charge is 0.328 e. The van der Waals surface area contributed by atoms with Gasteiger partial charge in [-0.05, 0) is 9.98 Å². The summed E-state index contributed by atoms with van der Waals surface area (Å²) in [4.78, 5) is 67.8. The van der Waals surface area contributed by atoms with Crippen molar-refractivity contribution in [3.05, 3.63) is 0 Å². The molecule has 0 aromatic heterocycles. The summed E-state index contributed by atoms with van der Waals surface area (Å²) in [5.74, 6) is -3.72. The van der Waals surface area contributed by atoms with Crippen molar-refractivity contribution >= 4 is 83.0 Å². The van der Waals surface area contributed by atoms with Crippen molar-refractivity contribution in [1.29, 1.82) is 0 Å². The fourth-order valence-electron chi connectivity index (χ4n) is 0.572. The minimum absolute atomic E-state index is 0. The maximum absolute atomic E-state index is 10.7. The summed E-state index contributed by atoms with van der Waals surface area (Å²) in [7, 11) is 0. The first-order chi connectivity index (χ1) is 9.20. The topological polar surface area (TPSA) is 130 Å². The van der Waals surface area contributed by atoms with Gasteiger partial charge in [0, 0.05) is 86.8 Å². The molecule has 0 saturated carbocycles. The molecule has 0 amide bonds. The molecule has 0 rings (SSSR count). The van der Waals surface area contributed by atoms with Gasteiger partial charge in [-0.2, -0.15) is 0 Å². The van der Waals surface area contributed by atoms with Crippen molar-refractivity contribution in [2.75, 3.05) is 0 Å². The van der Waals surface area contributed by atoms with Gasteiger partial charge < -0.3 is 19.4 Å². The summed E-state index contributed by atoms with van der Waals surface area (Å²) >= 11 is 0. The van der Waals surface area contributed by atoms with Gasteiger partial charge in [0.05, 0.1) is 0 Å². The number of nitrogens with zero attached hydrogens (tertiary/aromatic N) is 2. The molecule has 0 aromatic carbocycles. The van der Waals surface area contributed by atoms with Crippen LogP contribution in [-0.2, 0) is 48.5 Å². The van der Waals surface area contributed by atoms with Gasteiger partial charge in [-0.1, -0.05) is 0 Å². The second-order valence-electron chi connectivity index (χ2n) is 2.93. The van der Waals surface area contributed by atoms with Crippen LogP contribution in [0.15, 0.2) is 0 Å². The summed E-state index contributed by atoms with van der Waals surface area (Å²) in [6.45, 7) is 3.87. The Bertz CT molecular complexity index is 325. The molecular weight excluding hydrogens is 330 g/mol. The van der Waals surface area contributed by atoms with Crippen LogP contribution >= 0.6 is 0 Å². The first kappa shape index (κ1) is 26.6. The Hall–Kier alpha value is -0.280. The zero-order chi connectivity index (χ0) is 15.7. The molecule has 0 N–H and O–H groups in total. The molecule has 0 aliphatic carbocycles. The van der Waals surface area contributed by atoms with E-state index < -0.39 is 23.9 Å². The maximum atomic E-state index is 10.7. The van der Waals surface area contributed by atoms with Gasteiger partial charge in [-0.3, -0.25) is 19.2 Å². The molecule has 0 saturated heterocycles. The van der Waals surface area contributed by atoms with Crippen LogP contribution in [0.3, 0.4) is 0 Å². The molecule has 12 nitrogen and oxygen atoms in total. The van der Waals surface area contributed by atoms with E-state index in [-0.39, 0.29) is 69.9 Å². The molecule has 2 radical (unpaired) electrons. The third-order valence-electron chi connectivity index (χ3n) is 0.967. The molecule has 0 atom stereocenters. The van der Waals surface area contributed by atoms with Crippen molar-refractivity contribution in [3.63, 3.8) is 0 Å². The van der Waals surface area contributed by atoms with E-state index in [9.17, 15) is 19.2 Å². The third kappa shape index (κ3) is 16.1. The van der Waals surface area contributed by atoms with Crippen LogP contribution in [0.5, 0.6) is 0 Å². The summed E-state index contributed by atoms with van der Waals surface area (Å²) in [6.07, 6.45) is 0. The van der Waals surface area contributed by atoms with Gasteiger partial charge >= 0.3 is 23.9 Å². The summed E-state index contributed by atoms with van der Waals surface area (Å²) in [5.41, 5.74) is 0. The third-order valence-corrected chi connectivity index (χ3v) is 0.967. The second kappa shape index (κ2) is 14.3. The van der Waals surface area contributed by atoms with E-state index in [4.69, 9.17) is 0 Å². The smallest absolute Gasteiger partial charge is 0.308 e. The van der Waals surface area contributed by atoms with Gasteiger partial charge in [0.25, 0.3) is 0 Å². The van der Waals surface area contributed by atoms with Gasteiger partial charge in [0.15, 0.2) is 0 Å². The quantitative estimate of drug-likeness (QED) is 0.304. The van der Waals surface area contributed by atoms with Crippen molar-refractivity contribution in [2.45, 2.75) is 27.7 Å². The van der Waals surface area contributed by atoms with Crippen molar-refractivity contribution < 1.29 is 48.5 Å². The van der Waals surface area contributed by atoms with Gasteiger partial charge in [0.1, 0.15) is 0 Å². The predicted molar refractivity (Wildman–Crippen MR) is 64.4 cm³/mol. The van der Waals surface area contributed by atoms with Gasteiger partial charge in [-0.15, -0.1) is 0 Å². The van der Waals surface area contributed by atoms with Crippen LogP contribution in [0.1, 0.15) is 27.7 Å². The van der Waals surface area contributed by atoms with Crippen LogP contribution in [0.2, 0.25) is 0 Å². The van der Waals surface area contributed by atoms with E-state index in [2.05, 4.69) is 29.3 Å². The number of carbonyl (C=O) groups is 4. The van der Waals surface area contributed by atoms with Gasteiger partial charge in [-0.25, -0.2) is 0 Å². The molecular formula is C8H12N2Na2O10. The van der Waals surface area contributed by atoms with Crippen molar-refractivity contribution in [3.8, 4) is 0 Å². The number of hydrogen-bond donors (Lipinski definition) is 0. The Morgan fingerprint density at radius 2 is 0.727 bits per heavy atom. The van der Waals surface area contributed by atoms with E-state index >= 15 is 0 Å². The Labute approximate surface area is 169 Å². The Morgan fingerprint density at radius 1 is 0.545 bits per heavy atom. The number of rotatable bonds is 7. The minimum Gasteiger partial charge on any atom is -0.308 e. The van der Waals surface area contributed by atoms with E-state index in [0.29, 0.717) is 0 Å². The molecule has 0 heterocycles. The second-order valence-corrected chi connectivity index (χ2v) is 2.93. The summed E-state index contributed by atoms with van der Waals surface area (Å²) in [5, 5.41) is -0.296. The molecule has 0 bridgehead atoms. The molecule has 0 fully saturated rings. The van der Waals surface area contributed by atoms with E-state index in [1.165, 1.54) is 0 Å². The van der Waals surface area contributed by atoms with Crippen molar-refractivity contribution in [1.82, 2.24) is 10.8 Å². The number of carbonyl (C=O) groups excluding carboxylic acids is 4. The van der Waals surface area contributed by atoms with E-state index in [1.54, 1.807) is 0 Å². The standard InChI is InChI=1S/C8H12N2O10.2Na/c1-5(11)15-9(16-6(2)12)19-20-10(17-7(3)13)18-8(4)14;;/h1-4H3;;. The molecule has 116 valence electrons. The first-order valence-electron chi connectivity index (χ1n) is 4.90. The van der Waals surface area contributed by atoms with Crippen LogP contribution in [0, 0.1) is 0 Å². The van der Waals surface area contributed by atoms with E-state index in [1.807, 2.05) is 0 Å². The monoisotopic (exact) mass is 342 g/mol. The van der Waals surface area contributed by atoms with Crippen LogP contribution in [-0.4, -0.2) is 93.8 Å². The zero-order valence-corrected chi connectivity index (χ0v) is 17.0. The molecule has 0 aliphatic rings. The Kier molecular flexibility index (Phi) is 17.3. The minimum atomic E-state index is -0.929. The van der Waals surface area contributed by atoms with E-state index in [0.717, 1.165) is 27.7 Å². The Balaban J connectivity index is -0.00000180. The molecule has 0 spiro atoms. The molecule has 0 aliphatic heterocycles. The first-order valence-corrected chi connectivity index (χ1v) is 4.90. The molecule has 14 heteroatoms. The van der Waals surface area contributed by atoms with Crippen LogP contribution < -0.4 is 0 Å². The average Bonchev–Trinajstić information content (AvgIpc) is 2.22. The average molecular weight is 342 g/mol. The molecule has 22 heavy (non-hydrogen) atoms. The Morgan fingerprint density at radius 3 is 0.864 bits per heavy atom. The normalized spacial score (nSPS) is 9.18. The maximum Gasteiger partial charge on any atom is 0.328 e. The van der Waals surface area contributed by atoms with Crippen LogP contribution in [0.25, 0.3) is 0 Å². The SMILES string of the molecule is CC(=O)ON(OON(OC(C)=O)OC(C)=O)OC(C)=O.[Na].[Na]. The summed E-state index contributed by atoms with van der Waals surface area (Å²) in [6, 6.07) is 0. The fraction of sp³-hybridized carbons (Fsp3) is 0.500. The molecule has 0 aromatic rings. The van der Waals surface area contributed by atoms with Gasteiger partial charge in [0.2, 0.25) is 10.8 Å². The predicted octanol–water partition coefficient (Wildman–Crippen LogP) is -1.48. The fourth-order valence-corrected chi connectivity index (χ4v) is 0.572. The van der Waals surface area contributed by atoms with Crippen LogP contribution in [0.4, 0.5) is 0 Å². The zero-order valence-electron chi connectivity index (χ0n) is 13.0.